The summed E-state index contributed by atoms with van der Waals surface area (Å²) in [5.41, 5.74) is 15.5. The van der Waals surface area contributed by atoms with Crippen LogP contribution in [0, 0.1) is 18.3 Å². The first-order valence-corrected chi connectivity index (χ1v) is 9.06. The molecule has 3 aromatic rings. The van der Waals surface area contributed by atoms with Crippen LogP contribution in [-0.2, 0) is 12.4 Å². The Kier molecular flexibility index (Phi) is 7.28. The lowest BCUT2D eigenvalue weighted by Crippen LogP contribution is -2.11. The zero-order valence-electron chi connectivity index (χ0n) is 17.0. The molecule has 2 aromatic carbocycles. The topological polar surface area (TPSA) is 127 Å². The van der Waals surface area contributed by atoms with Crippen LogP contribution in [0.2, 0.25) is 0 Å². The Hall–Kier alpha value is -4.14. The average molecular weight is 468 g/mol. The van der Waals surface area contributed by atoms with Crippen LogP contribution in [0.5, 0.6) is 0 Å². The van der Waals surface area contributed by atoms with Gasteiger partial charge >= 0.3 is 12.4 Å². The van der Waals surface area contributed by atoms with Crippen molar-refractivity contribution in [2.24, 2.45) is 0 Å². The van der Waals surface area contributed by atoms with E-state index in [2.05, 4.69) is 10.3 Å². The average Bonchev–Trinajstić information content (AvgIpc) is 2.72. The smallest absolute Gasteiger partial charge is 0.399 e. The fourth-order valence-electron chi connectivity index (χ4n) is 2.61. The number of halogens is 6. The predicted octanol–water partition coefficient (Wildman–Crippen LogP) is 5.48. The lowest BCUT2D eigenvalue weighted by Gasteiger charge is -2.12. The minimum Gasteiger partial charge on any atom is -0.399 e. The molecule has 0 unspecified atom stereocenters. The third-order valence-electron chi connectivity index (χ3n) is 4.28. The molecule has 1 aromatic heterocycles. The van der Waals surface area contributed by atoms with E-state index in [1.165, 1.54) is 0 Å². The van der Waals surface area contributed by atoms with Gasteiger partial charge in [0.05, 0.1) is 22.4 Å². The van der Waals surface area contributed by atoms with Gasteiger partial charge in [-0.2, -0.15) is 31.6 Å². The third kappa shape index (κ3) is 6.42. The number of rotatable bonds is 2. The molecule has 0 amide bonds. The molecule has 0 spiro atoms. The molecule has 6 nitrogen and oxygen atoms in total. The van der Waals surface area contributed by atoms with E-state index >= 15 is 0 Å². The summed E-state index contributed by atoms with van der Waals surface area (Å²) in [6, 6.07) is 12.4. The normalized spacial score (nSPS) is 11.2. The number of nitrogens with zero attached hydrogens (tertiary/aromatic N) is 2. The summed E-state index contributed by atoms with van der Waals surface area (Å²) in [6.07, 6.45) is -9.68. The van der Waals surface area contributed by atoms with Crippen molar-refractivity contribution >= 4 is 28.7 Å². The van der Waals surface area contributed by atoms with E-state index in [1.54, 1.807) is 6.92 Å². The minimum absolute atomic E-state index is 0.0242. The van der Waals surface area contributed by atoms with Crippen LogP contribution in [0.3, 0.4) is 0 Å². The van der Waals surface area contributed by atoms with Crippen LogP contribution >= 0.6 is 0 Å². The summed E-state index contributed by atoms with van der Waals surface area (Å²) in [5.74, 6) is 0.651. The van der Waals surface area contributed by atoms with E-state index in [-0.39, 0.29) is 11.9 Å². The predicted molar refractivity (Wildman–Crippen MR) is 113 cm³/mol. The Morgan fingerprint density at radius 2 is 1.39 bits per heavy atom. The molecule has 0 fully saturated rings. The molecule has 1 heterocycles. The number of nitrogens with two attached hydrogens (primary N) is 3. The molecule has 0 aliphatic heterocycles. The minimum atomic E-state index is -4.84. The molecular weight excluding hydrogens is 450 g/mol. The molecule has 3 rings (SSSR count). The van der Waals surface area contributed by atoms with Crippen LogP contribution < -0.4 is 22.5 Å². The molecule has 0 atom stereocenters. The van der Waals surface area contributed by atoms with E-state index in [4.69, 9.17) is 22.5 Å². The van der Waals surface area contributed by atoms with Gasteiger partial charge in [0.25, 0.3) is 0 Å². The number of anilines is 5. The first-order valence-electron chi connectivity index (χ1n) is 9.06. The Morgan fingerprint density at radius 3 is 1.85 bits per heavy atom. The molecule has 0 aliphatic carbocycles. The molecule has 0 saturated heterocycles. The zero-order chi connectivity index (χ0) is 25.0. The first kappa shape index (κ1) is 25.1. The van der Waals surface area contributed by atoms with Crippen molar-refractivity contribution in [1.82, 2.24) is 4.98 Å². The lowest BCUT2D eigenvalue weighted by molar-refractivity contribution is -0.143. The number of nitrogens with one attached hydrogen (secondary N) is 1. The number of hydrogen-bond acceptors (Lipinski definition) is 6. The van der Waals surface area contributed by atoms with E-state index in [1.807, 2.05) is 36.4 Å². The van der Waals surface area contributed by atoms with Gasteiger partial charge in [-0.25, -0.2) is 4.98 Å². The van der Waals surface area contributed by atoms with Gasteiger partial charge in [-0.1, -0.05) is 18.2 Å². The Bertz CT molecular complexity index is 1130. The first-order chi connectivity index (χ1) is 15.2. The van der Waals surface area contributed by atoms with Crippen molar-refractivity contribution in [1.29, 1.82) is 5.26 Å². The highest BCUT2D eigenvalue weighted by molar-refractivity contribution is 5.77. The fourth-order valence-corrected chi connectivity index (χ4v) is 2.61. The molecule has 7 N–H and O–H groups in total. The lowest BCUT2D eigenvalue weighted by atomic mass is 10.1. The second-order valence-corrected chi connectivity index (χ2v) is 6.70. The monoisotopic (exact) mass is 468 g/mol. The number of para-hydroxylation sites is 1. The van der Waals surface area contributed by atoms with Gasteiger partial charge in [0.2, 0.25) is 0 Å². The van der Waals surface area contributed by atoms with Gasteiger partial charge in [0.15, 0.2) is 5.82 Å². The van der Waals surface area contributed by atoms with Crippen LogP contribution in [-0.4, -0.2) is 4.98 Å². The van der Waals surface area contributed by atoms with Crippen molar-refractivity contribution in [2.45, 2.75) is 19.3 Å². The fraction of sp³-hybridized carbons (Fsp3) is 0.143. The van der Waals surface area contributed by atoms with Crippen molar-refractivity contribution < 1.29 is 26.3 Å². The maximum atomic E-state index is 12.1. The van der Waals surface area contributed by atoms with E-state index in [9.17, 15) is 26.3 Å². The Balaban J connectivity index is 0.000000238. The highest BCUT2D eigenvalue weighted by Gasteiger charge is 2.36. The Labute approximate surface area is 184 Å². The second kappa shape index (κ2) is 9.56. The summed E-state index contributed by atoms with van der Waals surface area (Å²) in [4.78, 5) is 4.12. The van der Waals surface area contributed by atoms with Crippen molar-refractivity contribution in [3.8, 4) is 6.07 Å². The number of aromatic nitrogens is 1. The van der Waals surface area contributed by atoms with Crippen LogP contribution in [0.4, 0.5) is 55.0 Å². The van der Waals surface area contributed by atoms with Gasteiger partial charge in [0.1, 0.15) is 11.9 Å². The number of pyridine rings is 1. The molecule has 0 bridgehead atoms. The molecule has 174 valence electrons. The van der Waals surface area contributed by atoms with Gasteiger partial charge in [0, 0.05) is 11.4 Å². The molecule has 0 saturated carbocycles. The van der Waals surface area contributed by atoms with Crippen molar-refractivity contribution in [2.75, 3.05) is 22.5 Å². The molecule has 0 radical (unpaired) electrons. The SMILES string of the molecule is Cc1c(N)c(Nc2ccccc2)nc(N)c1C#N.Nc1cc(C(F)(F)F)cc(C(F)(F)F)c1. The second-order valence-electron chi connectivity index (χ2n) is 6.70. The number of benzene rings is 2. The Morgan fingerprint density at radius 1 is 0.879 bits per heavy atom. The largest absolute Gasteiger partial charge is 0.416 e. The van der Waals surface area contributed by atoms with Gasteiger partial charge < -0.3 is 22.5 Å². The number of hydrogen-bond donors (Lipinski definition) is 4. The number of nitriles is 1. The summed E-state index contributed by atoms with van der Waals surface area (Å²) in [5, 5.41) is 12.0. The number of nitrogen functional groups attached to an aromatic ring is 3. The van der Waals surface area contributed by atoms with E-state index < -0.39 is 29.2 Å². The van der Waals surface area contributed by atoms with Crippen LogP contribution in [0.25, 0.3) is 0 Å². The summed E-state index contributed by atoms with van der Waals surface area (Å²) in [7, 11) is 0. The van der Waals surface area contributed by atoms with Crippen molar-refractivity contribution in [3.63, 3.8) is 0 Å². The van der Waals surface area contributed by atoms with Gasteiger partial charge in [-0.05, 0) is 42.8 Å². The van der Waals surface area contributed by atoms with E-state index in [0.717, 1.165) is 5.69 Å². The highest BCUT2D eigenvalue weighted by atomic mass is 19.4. The molecule has 0 aliphatic rings. The molecular formula is C21H18F6N6. The highest BCUT2D eigenvalue weighted by Crippen LogP contribution is 2.36. The van der Waals surface area contributed by atoms with Gasteiger partial charge in [-0.15, -0.1) is 0 Å². The number of alkyl halides is 6. The zero-order valence-corrected chi connectivity index (χ0v) is 17.0. The summed E-state index contributed by atoms with van der Waals surface area (Å²) < 4.78 is 72.7. The summed E-state index contributed by atoms with van der Waals surface area (Å²) in [6.45, 7) is 1.75. The summed E-state index contributed by atoms with van der Waals surface area (Å²) >= 11 is 0. The standard InChI is InChI=1S/C13H13N5.C8H5F6N/c1-8-10(7-14)12(16)18-13(11(8)15)17-9-5-3-2-4-6-9;9-7(10,11)4-1-5(8(12,13)14)3-6(15)2-4/h2-6H,15H2,1H3,(H3,16,17,18);1-3H,15H2. The van der Waals surface area contributed by atoms with Crippen molar-refractivity contribution in [3.05, 3.63) is 70.8 Å². The third-order valence-corrected chi connectivity index (χ3v) is 4.28. The van der Waals surface area contributed by atoms with Crippen LogP contribution in [0.1, 0.15) is 22.3 Å². The maximum Gasteiger partial charge on any atom is 0.416 e. The molecule has 33 heavy (non-hydrogen) atoms. The molecule has 12 heteroatoms. The quantitative estimate of drug-likeness (QED) is 0.292. The van der Waals surface area contributed by atoms with Crippen LogP contribution in [0.15, 0.2) is 48.5 Å². The maximum absolute atomic E-state index is 12.1. The van der Waals surface area contributed by atoms with E-state index in [0.29, 0.717) is 34.8 Å². The van der Waals surface area contributed by atoms with Gasteiger partial charge in [-0.3, -0.25) is 0 Å².